The summed E-state index contributed by atoms with van der Waals surface area (Å²) in [6, 6.07) is 0. The Bertz CT molecular complexity index is 424. The van der Waals surface area contributed by atoms with Gasteiger partial charge in [-0.25, -0.2) is 0 Å². The quantitative estimate of drug-likeness (QED) is 0.738. The van der Waals surface area contributed by atoms with Gasteiger partial charge in [-0.2, -0.15) is 0 Å². The van der Waals surface area contributed by atoms with Crippen LogP contribution in [0.1, 0.15) is 32.6 Å². The number of ether oxygens (including phenoxy) is 1. The van der Waals surface area contributed by atoms with Crippen molar-refractivity contribution < 1.29 is 14.6 Å². The van der Waals surface area contributed by atoms with Crippen molar-refractivity contribution in [1.82, 2.24) is 0 Å². The van der Waals surface area contributed by atoms with E-state index < -0.39 is 0 Å². The Labute approximate surface area is 114 Å². The van der Waals surface area contributed by atoms with Crippen molar-refractivity contribution in [3.05, 3.63) is 24.0 Å². The van der Waals surface area contributed by atoms with Crippen molar-refractivity contribution in [3.8, 4) is 0 Å². The van der Waals surface area contributed by atoms with Gasteiger partial charge in [-0.1, -0.05) is 19.1 Å². The summed E-state index contributed by atoms with van der Waals surface area (Å²) in [4.78, 5) is 11.6. The molecule has 0 aromatic rings. The van der Waals surface area contributed by atoms with Crippen molar-refractivity contribution >= 4 is 5.78 Å². The highest BCUT2D eigenvalue weighted by molar-refractivity contribution is 5.90. The summed E-state index contributed by atoms with van der Waals surface area (Å²) in [5, 5.41) is 9.82. The maximum Gasteiger partial charge on any atom is 0.162 e. The maximum atomic E-state index is 11.6. The van der Waals surface area contributed by atoms with Crippen LogP contribution >= 0.6 is 0 Å². The number of aliphatic hydroxyl groups is 1. The monoisotopic (exact) mass is 262 g/mol. The normalized spacial score (nSPS) is 42.3. The summed E-state index contributed by atoms with van der Waals surface area (Å²) < 4.78 is 5.78. The van der Waals surface area contributed by atoms with Crippen LogP contribution in [0.15, 0.2) is 24.0 Å². The third-order valence-electron chi connectivity index (χ3n) is 4.87. The standard InChI is InChI=1S/C16H22O3/c1-10-2-3-11-8-12(17)4-5-14(11)16(10)15-9-13(18)6-7-19-15/h2-3,9-12,14,16-17H,4-8H2,1H3. The average molecular weight is 262 g/mol. The van der Waals surface area contributed by atoms with Gasteiger partial charge in [-0.15, -0.1) is 0 Å². The number of ketones is 1. The summed E-state index contributed by atoms with van der Waals surface area (Å²) >= 11 is 0. The molecule has 1 N–H and O–H groups in total. The molecule has 3 heteroatoms. The van der Waals surface area contributed by atoms with E-state index >= 15 is 0 Å². The SMILES string of the molecule is CC1C=CC2CC(O)CCC2C1C1=CC(=O)CCO1. The Morgan fingerprint density at radius 2 is 2.16 bits per heavy atom. The predicted octanol–water partition coefficient (Wildman–Crippen LogP) is 2.46. The molecule has 0 spiro atoms. The first-order valence-corrected chi connectivity index (χ1v) is 7.39. The molecule has 0 saturated heterocycles. The molecule has 0 bridgehead atoms. The molecular weight excluding hydrogens is 240 g/mol. The lowest BCUT2D eigenvalue weighted by Crippen LogP contribution is -2.38. The van der Waals surface area contributed by atoms with Gasteiger partial charge < -0.3 is 9.84 Å². The van der Waals surface area contributed by atoms with Crippen molar-refractivity contribution in [2.75, 3.05) is 6.61 Å². The lowest BCUT2D eigenvalue weighted by Gasteiger charge is -2.43. The van der Waals surface area contributed by atoms with E-state index in [1.165, 1.54) is 0 Å². The minimum atomic E-state index is -0.164. The molecule has 2 aliphatic carbocycles. The third kappa shape index (κ3) is 2.48. The Balaban J connectivity index is 1.87. The zero-order valence-electron chi connectivity index (χ0n) is 11.4. The highest BCUT2D eigenvalue weighted by Gasteiger charge is 2.41. The van der Waals surface area contributed by atoms with Gasteiger partial charge in [0.15, 0.2) is 5.78 Å². The number of carbonyl (C=O) groups is 1. The number of hydrogen-bond donors (Lipinski definition) is 1. The van der Waals surface area contributed by atoms with E-state index in [1.54, 1.807) is 6.08 Å². The minimum absolute atomic E-state index is 0.164. The van der Waals surface area contributed by atoms with Gasteiger partial charge in [0.05, 0.1) is 12.7 Å². The number of fused-ring (bicyclic) bond motifs is 1. The fraction of sp³-hybridized carbons (Fsp3) is 0.688. The molecule has 0 amide bonds. The molecule has 1 heterocycles. The van der Waals surface area contributed by atoms with E-state index in [-0.39, 0.29) is 11.9 Å². The van der Waals surface area contributed by atoms with Gasteiger partial charge in [0.2, 0.25) is 0 Å². The number of aliphatic hydroxyl groups excluding tert-OH is 1. The first kappa shape index (κ1) is 12.9. The van der Waals surface area contributed by atoms with Crippen molar-refractivity contribution in [1.29, 1.82) is 0 Å². The molecule has 1 fully saturated rings. The van der Waals surface area contributed by atoms with Crippen LogP contribution in [0, 0.1) is 23.7 Å². The molecule has 104 valence electrons. The minimum Gasteiger partial charge on any atom is -0.497 e. The Morgan fingerprint density at radius 3 is 2.95 bits per heavy atom. The molecule has 5 atom stereocenters. The highest BCUT2D eigenvalue weighted by Crippen LogP contribution is 2.46. The lowest BCUT2D eigenvalue weighted by atomic mass is 9.64. The van der Waals surface area contributed by atoms with Gasteiger partial charge in [0.1, 0.15) is 5.76 Å². The van der Waals surface area contributed by atoms with Crippen LogP contribution in [0.3, 0.4) is 0 Å². The van der Waals surface area contributed by atoms with E-state index in [0.717, 1.165) is 25.0 Å². The van der Waals surface area contributed by atoms with Crippen molar-refractivity contribution in [2.24, 2.45) is 23.7 Å². The van der Waals surface area contributed by atoms with E-state index in [9.17, 15) is 9.90 Å². The molecular formula is C16H22O3. The van der Waals surface area contributed by atoms with Crippen LogP contribution in [0.25, 0.3) is 0 Å². The van der Waals surface area contributed by atoms with Gasteiger partial charge in [0, 0.05) is 18.4 Å². The van der Waals surface area contributed by atoms with Crippen LogP contribution < -0.4 is 0 Å². The Kier molecular flexibility index (Phi) is 3.48. The van der Waals surface area contributed by atoms with E-state index in [1.807, 2.05) is 0 Å². The number of hydrogen-bond acceptors (Lipinski definition) is 3. The Morgan fingerprint density at radius 1 is 1.32 bits per heavy atom. The molecule has 1 saturated carbocycles. The smallest absolute Gasteiger partial charge is 0.162 e. The van der Waals surface area contributed by atoms with Gasteiger partial charge >= 0.3 is 0 Å². The number of rotatable bonds is 1. The van der Waals surface area contributed by atoms with Crippen molar-refractivity contribution in [3.63, 3.8) is 0 Å². The second-order valence-corrected chi connectivity index (χ2v) is 6.18. The third-order valence-corrected chi connectivity index (χ3v) is 4.87. The van der Waals surface area contributed by atoms with Gasteiger partial charge in [-0.05, 0) is 37.0 Å². The van der Waals surface area contributed by atoms with E-state index in [4.69, 9.17) is 4.74 Å². The van der Waals surface area contributed by atoms with Crippen LogP contribution in [-0.4, -0.2) is 23.6 Å². The summed E-state index contributed by atoms with van der Waals surface area (Å²) in [5.41, 5.74) is 0. The maximum absolute atomic E-state index is 11.6. The molecule has 5 unspecified atom stereocenters. The van der Waals surface area contributed by atoms with Gasteiger partial charge in [0.25, 0.3) is 0 Å². The van der Waals surface area contributed by atoms with Gasteiger partial charge in [-0.3, -0.25) is 4.79 Å². The van der Waals surface area contributed by atoms with Crippen LogP contribution in [0.2, 0.25) is 0 Å². The zero-order valence-corrected chi connectivity index (χ0v) is 11.4. The predicted molar refractivity (Wildman–Crippen MR) is 72.3 cm³/mol. The summed E-state index contributed by atoms with van der Waals surface area (Å²) in [6.45, 7) is 2.73. The molecule has 19 heavy (non-hydrogen) atoms. The molecule has 3 rings (SSSR count). The lowest BCUT2D eigenvalue weighted by molar-refractivity contribution is -0.117. The number of allylic oxidation sites excluding steroid dienone is 4. The molecule has 0 aromatic heterocycles. The van der Waals surface area contributed by atoms with E-state index in [0.29, 0.717) is 36.7 Å². The zero-order chi connectivity index (χ0) is 13.4. The summed E-state index contributed by atoms with van der Waals surface area (Å²) in [5.74, 6) is 2.75. The van der Waals surface area contributed by atoms with Crippen LogP contribution in [0.4, 0.5) is 0 Å². The summed E-state index contributed by atoms with van der Waals surface area (Å²) in [7, 11) is 0. The van der Waals surface area contributed by atoms with Crippen LogP contribution in [-0.2, 0) is 9.53 Å². The highest BCUT2D eigenvalue weighted by atomic mass is 16.5. The molecule has 3 aliphatic rings. The fourth-order valence-electron chi connectivity index (χ4n) is 3.91. The molecule has 1 aliphatic heterocycles. The first-order chi connectivity index (χ1) is 9.15. The molecule has 3 nitrogen and oxygen atoms in total. The second-order valence-electron chi connectivity index (χ2n) is 6.18. The topological polar surface area (TPSA) is 46.5 Å². The number of carbonyl (C=O) groups excluding carboxylic acids is 1. The molecule has 0 aromatic carbocycles. The van der Waals surface area contributed by atoms with Crippen LogP contribution in [0.5, 0.6) is 0 Å². The Hall–Kier alpha value is -1.09. The fourth-order valence-corrected chi connectivity index (χ4v) is 3.91. The first-order valence-electron chi connectivity index (χ1n) is 7.39. The molecule has 0 radical (unpaired) electrons. The summed E-state index contributed by atoms with van der Waals surface area (Å²) in [6.07, 6.45) is 9.31. The van der Waals surface area contributed by atoms with Crippen molar-refractivity contribution in [2.45, 2.75) is 38.7 Å². The van der Waals surface area contributed by atoms with E-state index in [2.05, 4.69) is 19.1 Å². The largest absolute Gasteiger partial charge is 0.497 e. The average Bonchev–Trinajstić information content (AvgIpc) is 2.39. The second kappa shape index (κ2) is 5.12.